The molecule has 272 valence electrons. The van der Waals surface area contributed by atoms with Gasteiger partial charge < -0.3 is 9.84 Å². The number of hydrogen-bond acceptors (Lipinski definition) is 3. The predicted octanol–water partition coefficient (Wildman–Crippen LogP) is 15.0. The molecule has 0 saturated heterocycles. The van der Waals surface area contributed by atoms with Gasteiger partial charge in [0.15, 0.2) is 0 Å². The van der Waals surface area contributed by atoms with Crippen molar-refractivity contribution in [3.05, 3.63) is 53.6 Å². The summed E-state index contributed by atoms with van der Waals surface area (Å²) in [6.45, 7) is 5.28. The van der Waals surface area contributed by atoms with Crippen LogP contribution in [-0.2, 0) is 6.42 Å². The van der Waals surface area contributed by atoms with Crippen LogP contribution in [0, 0.1) is 0 Å². The van der Waals surface area contributed by atoms with Crippen LogP contribution in [-0.4, -0.2) is 17.9 Å². The Balaban J connectivity index is 1.46. The van der Waals surface area contributed by atoms with Crippen LogP contribution in [0.3, 0.4) is 0 Å². The van der Waals surface area contributed by atoms with Gasteiger partial charge in [-0.3, -0.25) is 4.99 Å². The van der Waals surface area contributed by atoms with Gasteiger partial charge >= 0.3 is 0 Å². The Morgan fingerprint density at radius 2 is 0.917 bits per heavy atom. The van der Waals surface area contributed by atoms with E-state index in [9.17, 15) is 5.11 Å². The zero-order chi connectivity index (χ0) is 34.2. The summed E-state index contributed by atoms with van der Waals surface area (Å²) in [5, 5.41) is 10.5. The van der Waals surface area contributed by atoms with E-state index >= 15 is 0 Å². The third kappa shape index (κ3) is 23.1. The second-order valence-electron chi connectivity index (χ2n) is 14.4. The SMILES string of the molecule is CCCCCCCCCCCCCCCCCCOc1ccc(C=Nc2ccc(CCCCCCCCCCCCCC)cc2)c(O)c1. The van der Waals surface area contributed by atoms with Gasteiger partial charge in [0.1, 0.15) is 11.5 Å². The molecule has 0 fully saturated rings. The number of phenolic OH excluding ortho intramolecular Hbond substituents is 1. The average molecular weight is 662 g/mol. The van der Waals surface area contributed by atoms with Crippen LogP contribution in [0.15, 0.2) is 47.5 Å². The van der Waals surface area contributed by atoms with E-state index in [0.29, 0.717) is 12.2 Å². The molecule has 0 unspecified atom stereocenters. The van der Waals surface area contributed by atoms with Crippen LogP contribution in [0.2, 0.25) is 0 Å². The fraction of sp³-hybridized carbons (Fsp3) is 0.711. The van der Waals surface area contributed by atoms with E-state index in [0.717, 1.165) is 24.3 Å². The molecule has 0 aliphatic heterocycles. The summed E-state index contributed by atoms with van der Waals surface area (Å²) in [7, 11) is 0. The molecule has 0 amide bonds. The summed E-state index contributed by atoms with van der Waals surface area (Å²) in [5.74, 6) is 0.944. The molecule has 2 aromatic carbocycles. The van der Waals surface area contributed by atoms with E-state index < -0.39 is 0 Å². The summed E-state index contributed by atoms with van der Waals surface area (Å²) >= 11 is 0. The standard InChI is InChI=1S/C45H75NO2/c1-3-5-7-9-11-13-15-17-18-19-20-22-24-26-28-30-38-48-44-37-34-42(45(47)39-44)40-46-43-35-32-41(33-36-43)31-29-27-25-23-21-16-14-12-10-8-6-4-2/h32-37,39-40,47H,3-31,38H2,1-2H3. The molecule has 0 aliphatic rings. The van der Waals surface area contributed by atoms with Gasteiger partial charge in [0, 0.05) is 17.8 Å². The molecule has 0 aliphatic carbocycles. The molecule has 3 nitrogen and oxygen atoms in total. The van der Waals surface area contributed by atoms with Crippen molar-refractivity contribution in [2.45, 2.75) is 200 Å². The number of rotatable bonds is 33. The van der Waals surface area contributed by atoms with Gasteiger partial charge in [-0.15, -0.1) is 0 Å². The highest BCUT2D eigenvalue weighted by molar-refractivity contribution is 5.85. The first-order valence-corrected chi connectivity index (χ1v) is 20.8. The van der Waals surface area contributed by atoms with Crippen LogP contribution < -0.4 is 4.74 Å². The molecule has 1 N–H and O–H groups in total. The lowest BCUT2D eigenvalue weighted by atomic mass is 10.0. The number of nitrogens with zero attached hydrogens (tertiary/aromatic N) is 1. The molecule has 0 saturated carbocycles. The van der Waals surface area contributed by atoms with E-state index in [1.54, 1.807) is 12.3 Å². The maximum atomic E-state index is 10.5. The molecular formula is C45H75NO2. The van der Waals surface area contributed by atoms with Crippen molar-refractivity contribution in [2.75, 3.05) is 6.61 Å². The van der Waals surface area contributed by atoms with E-state index in [-0.39, 0.29) is 5.75 Å². The van der Waals surface area contributed by atoms with Gasteiger partial charge in [0.25, 0.3) is 0 Å². The lowest BCUT2D eigenvalue weighted by Crippen LogP contribution is -1.97. The topological polar surface area (TPSA) is 41.8 Å². The third-order valence-corrected chi connectivity index (χ3v) is 9.88. The summed E-state index contributed by atoms with van der Waals surface area (Å²) in [4.78, 5) is 4.60. The zero-order valence-electron chi connectivity index (χ0n) is 31.6. The number of phenols is 1. The van der Waals surface area contributed by atoms with E-state index in [2.05, 4.69) is 43.1 Å². The van der Waals surface area contributed by atoms with Crippen molar-refractivity contribution in [1.29, 1.82) is 0 Å². The smallest absolute Gasteiger partial charge is 0.128 e. The van der Waals surface area contributed by atoms with Crippen molar-refractivity contribution in [3.8, 4) is 11.5 Å². The fourth-order valence-electron chi connectivity index (χ4n) is 6.63. The Morgan fingerprint density at radius 1 is 0.500 bits per heavy atom. The lowest BCUT2D eigenvalue weighted by Gasteiger charge is -2.08. The number of ether oxygens (including phenoxy) is 1. The molecule has 0 bridgehead atoms. The van der Waals surface area contributed by atoms with Gasteiger partial charge in [-0.05, 0) is 49.1 Å². The first-order chi connectivity index (χ1) is 23.7. The second kappa shape index (κ2) is 30.7. The maximum Gasteiger partial charge on any atom is 0.128 e. The number of aryl methyl sites for hydroxylation is 1. The minimum absolute atomic E-state index is 0.215. The van der Waals surface area contributed by atoms with Crippen molar-refractivity contribution in [2.24, 2.45) is 4.99 Å². The average Bonchev–Trinajstić information content (AvgIpc) is 3.10. The molecule has 3 heteroatoms. The normalized spacial score (nSPS) is 11.5. The minimum Gasteiger partial charge on any atom is -0.507 e. The molecule has 0 aromatic heterocycles. The van der Waals surface area contributed by atoms with Gasteiger partial charge in [-0.25, -0.2) is 0 Å². The maximum absolute atomic E-state index is 10.5. The van der Waals surface area contributed by atoms with Gasteiger partial charge in [-0.1, -0.05) is 193 Å². The summed E-state index contributed by atoms with van der Waals surface area (Å²) < 4.78 is 5.92. The van der Waals surface area contributed by atoms with Crippen LogP contribution >= 0.6 is 0 Å². The molecule has 2 rings (SSSR count). The molecule has 0 radical (unpaired) electrons. The molecule has 2 aromatic rings. The number of benzene rings is 2. The highest BCUT2D eigenvalue weighted by atomic mass is 16.5. The zero-order valence-corrected chi connectivity index (χ0v) is 31.6. The van der Waals surface area contributed by atoms with E-state index in [1.165, 1.54) is 179 Å². The van der Waals surface area contributed by atoms with Crippen molar-refractivity contribution in [1.82, 2.24) is 0 Å². The Kier molecular flexibility index (Phi) is 26.8. The van der Waals surface area contributed by atoms with Crippen molar-refractivity contribution >= 4 is 11.9 Å². The summed E-state index contributed by atoms with van der Waals surface area (Å²) in [5.41, 5.74) is 3.01. The third-order valence-electron chi connectivity index (χ3n) is 9.88. The highest BCUT2D eigenvalue weighted by Crippen LogP contribution is 2.24. The highest BCUT2D eigenvalue weighted by Gasteiger charge is 2.03. The lowest BCUT2D eigenvalue weighted by molar-refractivity contribution is 0.302. The molecule has 0 heterocycles. The molecule has 0 spiro atoms. The van der Waals surface area contributed by atoms with E-state index in [4.69, 9.17) is 4.74 Å². The van der Waals surface area contributed by atoms with Gasteiger partial charge in [0.05, 0.1) is 12.3 Å². The fourth-order valence-corrected chi connectivity index (χ4v) is 6.63. The number of aliphatic imine (C=N–C) groups is 1. The monoisotopic (exact) mass is 662 g/mol. The summed E-state index contributed by atoms with van der Waals surface area (Å²) in [6.07, 6.45) is 41.5. The van der Waals surface area contributed by atoms with Crippen molar-refractivity contribution in [3.63, 3.8) is 0 Å². The van der Waals surface area contributed by atoms with Crippen LogP contribution in [0.25, 0.3) is 0 Å². The Morgan fingerprint density at radius 3 is 1.35 bits per heavy atom. The number of hydrogen-bond donors (Lipinski definition) is 1. The number of aromatic hydroxyl groups is 1. The van der Waals surface area contributed by atoms with Gasteiger partial charge in [0.2, 0.25) is 0 Å². The number of unbranched alkanes of at least 4 members (excludes halogenated alkanes) is 26. The molecular weight excluding hydrogens is 587 g/mol. The largest absolute Gasteiger partial charge is 0.507 e. The predicted molar refractivity (Wildman–Crippen MR) is 212 cm³/mol. The molecule has 48 heavy (non-hydrogen) atoms. The Bertz CT molecular complexity index is 1010. The van der Waals surface area contributed by atoms with Crippen LogP contribution in [0.4, 0.5) is 5.69 Å². The second-order valence-corrected chi connectivity index (χ2v) is 14.4. The Labute approximate surface area is 297 Å². The van der Waals surface area contributed by atoms with Crippen LogP contribution in [0.1, 0.15) is 205 Å². The van der Waals surface area contributed by atoms with Crippen LogP contribution in [0.5, 0.6) is 11.5 Å². The van der Waals surface area contributed by atoms with E-state index in [1.807, 2.05) is 12.1 Å². The van der Waals surface area contributed by atoms with Gasteiger partial charge in [-0.2, -0.15) is 0 Å². The Hall–Kier alpha value is -2.29. The first-order valence-electron chi connectivity index (χ1n) is 20.8. The first kappa shape index (κ1) is 41.9. The summed E-state index contributed by atoms with van der Waals surface area (Å²) in [6, 6.07) is 14.1. The minimum atomic E-state index is 0.215. The molecule has 0 atom stereocenters. The van der Waals surface area contributed by atoms with Crippen molar-refractivity contribution < 1.29 is 9.84 Å². The quantitative estimate of drug-likeness (QED) is 0.0611.